The molecule has 7 heteroatoms. The number of aromatic nitrogens is 2. The van der Waals surface area contributed by atoms with Crippen LogP contribution in [-0.2, 0) is 9.59 Å². The first-order valence-corrected chi connectivity index (χ1v) is 6.81. The fourth-order valence-electron chi connectivity index (χ4n) is 2.32. The Labute approximate surface area is 126 Å². The van der Waals surface area contributed by atoms with Crippen LogP contribution < -0.4 is 5.32 Å². The van der Waals surface area contributed by atoms with Crippen LogP contribution in [0.15, 0.2) is 36.7 Å². The number of nitrogens with zero attached hydrogens (tertiary/aromatic N) is 3. The van der Waals surface area contributed by atoms with Gasteiger partial charge in [-0.25, -0.2) is 4.68 Å². The fraction of sp³-hybridized carbons (Fsp3) is 0.214. The van der Waals surface area contributed by atoms with Crippen molar-refractivity contribution in [1.29, 1.82) is 0 Å². The van der Waals surface area contributed by atoms with E-state index in [1.54, 1.807) is 41.3 Å². The summed E-state index contributed by atoms with van der Waals surface area (Å²) in [7, 11) is 1.48. The number of hydrogen-bond acceptors (Lipinski definition) is 4. The van der Waals surface area contributed by atoms with Crippen molar-refractivity contribution in [3.63, 3.8) is 0 Å². The van der Waals surface area contributed by atoms with Gasteiger partial charge in [0, 0.05) is 19.4 Å². The molecule has 1 N–H and O–H groups in total. The first kappa shape index (κ1) is 13.6. The lowest BCUT2D eigenvalue weighted by atomic mass is 10.2. The molecule has 0 saturated carbocycles. The zero-order valence-corrected chi connectivity index (χ0v) is 12.0. The fourth-order valence-corrected chi connectivity index (χ4v) is 2.58. The number of para-hydroxylation sites is 1. The number of amides is 2. The third-order valence-electron chi connectivity index (χ3n) is 3.43. The number of rotatable bonds is 3. The van der Waals surface area contributed by atoms with Crippen molar-refractivity contribution in [3.05, 3.63) is 41.7 Å². The van der Waals surface area contributed by atoms with Crippen LogP contribution in [0.4, 0.5) is 5.69 Å². The monoisotopic (exact) mass is 304 g/mol. The zero-order valence-electron chi connectivity index (χ0n) is 11.3. The van der Waals surface area contributed by atoms with Crippen molar-refractivity contribution in [3.8, 4) is 5.69 Å². The van der Waals surface area contributed by atoms with E-state index in [0.717, 1.165) is 4.90 Å². The topological polar surface area (TPSA) is 67.2 Å². The number of anilines is 1. The molecule has 2 amide bonds. The highest BCUT2D eigenvalue weighted by atomic mass is 35.5. The minimum atomic E-state index is -0.574. The Morgan fingerprint density at radius 3 is 2.76 bits per heavy atom. The van der Waals surface area contributed by atoms with E-state index in [4.69, 9.17) is 11.6 Å². The second-order valence-electron chi connectivity index (χ2n) is 4.78. The van der Waals surface area contributed by atoms with Gasteiger partial charge in [0.25, 0.3) is 5.91 Å². The Hall–Kier alpha value is -2.34. The molecule has 108 valence electrons. The number of halogens is 1. The minimum Gasteiger partial charge on any atom is -0.371 e. The van der Waals surface area contributed by atoms with Gasteiger partial charge in [-0.05, 0) is 18.2 Å². The Morgan fingerprint density at radius 2 is 2.14 bits per heavy atom. The molecule has 21 heavy (non-hydrogen) atoms. The molecule has 1 unspecified atom stereocenters. The van der Waals surface area contributed by atoms with E-state index >= 15 is 0 Å². The van der Waals surface area contributed by atoms with Crippen LogP contribution in [0.2, 0.25) is 5.02 Å². The Morgan fingerprint density at radius 1 is 1.33 bits per heavy atom. The molecule has 0 radical (unpaired) electrons. The number of hydrogen-bond donors (Lipinski definition) is 1. The Bertz CT molecular complexity index is 699. The van der Waals surface area contributed by atoms with E-state index in [1.165, 1.54) is 7.05 Å². The van der Waals surface area contributed by atoms with Crippen LogP contribution in [-0.4, -0.2) is 39.6 Å². The molecule has 3 rings (SSSR count). The van der Waals surface area contributed by atoms with E-state index < -0.39 is 6.04 Å². The predicted octanol–water partition coefficient (Wildman–Crippen LogP) is 1.69. The first-order chi connectivity index (χ1) is 10.1. The maximum Gasteiger partial charge on any atom is 0.251 e. The number of carbonyl (C=O) groups is 2. The molecule has 0 aliphatic carbocycles. The Balaban J connectivity index is 1.95. The van der Waals surface area contributed by atoms with Crippen LogP contribution in [0.1, 0.15) is 6.42 Å². The van der Waals surface area contributed by atoms with Gasteiger partial charge in [-0.2, -0.15) is 5.10 Å². The molecule has 1 atom stereocenters. The summed E-state index contributed by atoms with van der Waals surface area (Å²) in [4.78, 5) is 24.7. The zero-order chi connectivity index (χ0) is 15.0. The lowest BCUT2D eigenvalue weighted by Gasteiger charge is -2.17. The first-order valence-electron chi connectivity index (χ1n) is 6.43. The summed E-state index contributed by atoms with van der Waals surface area (Å²) in [5.74, 6) is -0.438. The van der Waals surface area contributed by atoms with Gasteiger partial charge in [0.2, 0.25) is 5.91 Å². The molecule has 0 spiro atoms. The van der Waals surface area contributed by atoms with Crippen molar-refractivity contribution in [2.45, 2.75) is 12.5 Å². The summed E-state index contributed by atoms with van der Waals surface area (Å²) in [6.45, 7) is 0. The van der Waals surface area contributed by atoms with Crippen LogP contribution in [0.5, 0.6) is 0 Å². The maximum absolute atomic E-state index is 12.0. The Kier molecular flexibility index (Phi) is 3.39. The molecular formula is C14H13ClN4O2. The maximum atomic E-state index is 12.0. The van der Waals surface area contributed by atoms with Gasteiger partial charge in [-0.1, -0.05) is 17.7 Å². The SMILES string of the molecule is CN1C(=O)CC(Nc2cccc(Cl)c2-n2cccn2)C1=O. The molecule has 2 heterocycles. The third kappa shape index (κ3) is 2.38. The summed E-state index contributed by atoms with van der Waals surface area (Å²) in [5.41, 5.74) is 1.31. The van der Waals surface area contributed by atoms with Gasteiger partial charge in [0.15, 0.2) is 0 Å². The molecule has 1 aliphatic rings. The van der Waals surface area contributed by atoms with Crippen molar-refractivity contribution < 1.29 is 9.59 Å². The van der Waals surface area contributed by atoms with E-state index in [-0.39, 0.29) is 18.2 Å². The predicted molar refractivity (Wildman–Crippen MR) is 78.4 cm³/mol. The highest BCUT2D eigenvalue weighted by molar-refractivity contribution is 6.33. The summed E-state index contributed by atoms with van der Waals surface area (Å²) in [6.07, 6.45) is 3.55. The molecule has 2 aromatic rings. The standard InChI is InChI=1S/C14H13ClN4O2/c1-18-12(20)8-11(14(18)21)17-10-5-2-4-9(15)13(10)19-7-3-6-16-19/h2-7,11,17H,8H2,1H3. The van der Waals surface area contributed by atoms with E-state index in [1.807, 2.05) is 0 Å². The van der Waals surface area contributed by atoms with Gasteiger partial charge in [0.1, 0.15) is 11.7 Å². The van der Waals surface area contributed by atoms with Gasteiger partial charge in [0.05, 0.1) is 17.1 Å². The second-order valence-corrected chi connectivity index (χ2v) is 5.19. The second kappa shape index (κ2) is 5.21. The number of nitrogens with one attached hydrogen (secondary N) is 1. The lowest BCUT2D eigenvalue weighted by Crippen LogP contribution is -2.32. The lowest BCUT2D eigenvalue weighted by molar-refractivity contribution is -0.136. The van der Waals surface area contributed by atoms with Crippen molar-refractivity contribution >= 4 is 29.1 Å². The number of likely N-dealkylation sites (N-methyl/N-ethyl adjacent to an activating group) is 1. The highest BCUT2D eigenvalue weighted by Gasteiger charge is 2.36. The largest absolute Gasteiger partial charge is 0.371 e. The average Bonchev–Trinajstić information content (AvgIpc) is 3.05. The highest BCUT2D eigenvalue weighted by Crippen LogP contribution is 2.29. The molecule has 1 saturated heterocycles. The normalized spacial score (nSPS) is 18.4. The summed E-state index contributed by atoms with van der Waals surface area (Å²) in [6, 6.07) is 6.54. The van der Waals surface area contributed by atoms with E-state index in [0.29, 0.717) is 16.4 Å². The van der Waals surface area contributed by atoms with Gasteiger partial charge < -0.3 is 5.32 Å². The van der Waals surface area contributed by atoms with Crippen LogP contribution >= 0.6 is 11.6 Å². The average molecular weight is 305 g/mol. The van der Waals surface area contributed by atoms with Crippen molar-refractivity contribution in [1.82, 2.24) is 14.7 Å². The number of imide groups is 1. The molecule has 1 aromatic heterocycles. The van der Waals surface area contributed by atoms with Crippen LogP contribution in [0.25, 0.3) is 5.69 Å². The molecular weight excluding hydrogens is 292 g/mol. The quantitative estimate of drug-likeness (QED) is 0.876. The summed E-state index contributed by atoms with van der Waals surface area (Å²) < 4.78 is 1.62. The molecule has 0 bridgehead atoms. The minimum absolute atomic E-state index is 0.139. The number of carbonyl (C=O) groups excluding carboxylic acids is 2. The number of likely N-dealkylation sites (tertiary alicyclic amines) is 1. The van der Waals surface area contributed by atoms with Gasteiger partial charge >= 0.3 is 0 Å². The van der Waals surface area contributed by atoms with E-state index in [2.05, 4.69) is 10.4 Å². The summed E-state index contributed by atoms with van der Waals surface area (Å²) in [5, 5.41) is 7.76. The van der Waals surface area contributed by atoms with Crippen LogP contribution in [0.3, 0.4) is 0 Å². The van der Waals surface area contributed by atoms with Gasteiger partial charge in [-0.15, -0.1) is 0 Å². The van der Waals surface area contributed by atoms with Crippen molar-refractivity contribution in [2.75, 3.05) is 12.4 Å². The molecule has 1 fully saturated rings. The van der Waals surface area contributed by atoms with E-state index in [9.17, 15) is 9.59 Å². The van der Waals surface area contributed by atoms with Crippen LogP contribution in [0, 0.1) is 0 Å². The molecule has 6 nitrogen and oxygen atoms in total. The number of benzene rings is 1. The third-order valence-corrected chi connectivity index (χ3v) is 3.74. The van der Waals surface area contributed by atoms with Crippen molar-refractivity contribution in [2.24, 2.45) is 0 Å². The smallest absolute Gasteiger partial charge is 0.251 e. The molecule has 1 aliphatic heterocycles. The van der Waals surface area contributed by atoms with Gasteiger partial charge in [-0.3, -0.25) is 14.5 Å². The summed E-state index contributed by atoms with van der Waals surface area (Å²) >= 11 is 6.24. The molecule has 1 aromatic carbocycles.